The fraction of sp³-hybridized carbons (Fsp3) is 0.192. The van der Waals surface area contributed by atoms with Crippen molar-refractivity contribution in [3.8, 4) is 22.5 Å². The Labute approximate surface area is 217 Å². The molecule has 10 heteroatoms. The third-order valence-electron chi connectivity index (χ3n) is 5.42. The normalized spacial score (nSPS) is 10.8. The van der Waals surface area contributed by atoms with Crippen LogP contribution in [0.4, 0.5) is 5.00 Å². The predicted octanol–water partition coefficient (Wildman–Crippen LogP) is 5.39. The van der Waals surface area contributed by atoms with Crippen LogP contribution in [0.2, 0.25) is 0 Å². The van der Waals surface area contributed by atoms with Crippen LogP contribution < -0.4 is 5.32 Å². The second kappa shape index (κ2) is 11.3. The SMILES string of the molecule is C=CCn1c(SCC(=O)Nc2scc(-c3cc(C)ccc3C)c2C(=O)OC)nnc1-c1ccncc1. The van der Waals surface area contributed by atoms with Gasteiger partial charge in [0, 0.05) is 35.4 Å². The number of thioether (sulfide) groups is 1. The minimum absolute atomic E-state index is 0.0863. The zero-order valence-corrected chi connectivity index (χ0v) is 21.8. The highest BCUT2D eigenvalue weighted by Gasteiger charge is 2.24. The van der Waals surface area contributed by atoms with Gasteiger partial charge in [-0.2, -0.15) is 0 Å². The fourth-order valence-electron chi connectivity index (χ4n) is 3.68. The van der Waals surface area contributed by atoms with E-state index >= 15 is 0 Å². The molecule has 8 nitrogen and oxygen atoms in total. The van der Waals surface area contributed by atoms with E-state index in [1.165, 1.54) is 30.2 Å². The molecular formula is C26H25N5O3S2. The first-order chi connectivity index (χ1) is 17.4. The summed E-state index contributed by atoms with van der Waals surface area (Å²) >= 11 is 2.56. The van der Waals surface area contributed by atoms with Gasteiger partial charge >= 0.3 is 5.97 Å². The van der Waals surface area contributed by atoms with Gasteiger partial charge in [-0.05, 0) is 37.1 Å². The van der Waals surface area contributed by atoms with Crippen LogP contribution in [0.25, 0.3) is 22.5 Å². The molecule has 36 heavy (non-hydrogen) atoms. The Morgan fingerprint density at radius 3 is 2.67 bits per heavy atom. The van der Waals surface area contributed by atoms with Gasteiger partial charge in [-0.15, -0.1) is 28.1 Å². The molecule has 0 fully saturated rings. The third kappa shape index (κ3) is 5.39. The Balaban J connectivity index is 1.54. The molecular weight excluding hydrogens is 494 g/mol. The Bertz CT molecular complexity index is 1410. The first-order valence-electron chi connectivity index (χ1n) is 11.1. The Morgan fingerprint density at radius 1 is 1.17 bits per heavy atom. The number of amides is 1. The Kier molecular flexibility index (Phi) is 7.97. The summed E-state index contributed by atoms with van der Waals surface area (Å²) in [6.07, 6.45) is 5.13. The predicted molar refractivity (Wildman–Crippen MR) is 143 cm³/mol. The number of ether oxygens (including phenoxy) is 1. The zero-order chi connectivity index (χ0) is 25.7. The molecule has 1 amide bonds. The van der Waals surface area contributed by atoms with Gasteiger partial charge in [-0.25, -0.2) is 4.79 Å². The highest BCUT2D eigenvalue weighted by molar-refractivity contribution is 7.99. The summed E-state index contributed by atoms with van der Waals surface area (Å²) in [6, 6.07) is 9.76. The number of methoxy groups -OCH3 is 1. The molecule has 4 rings (SSSR count). The van der Waals surface area contributed by atoms with Crippen LogP contribution >= 0.6 is 23.1 Å². The number of nitrogens with one attached hydrogen (secondary N) is 1. The standard InChI is InChI=1S/C26H25N5O3S2/c1-5-12-31-23(18-8-10-27-11-9-18)29-30-26(31)36-15-21(32)28-24-22(25(33)34-4)20(14-35-24)19-13-16(2)6-7-17(19)3/h5-11,13-14H,1,12,15H2,2-4H3,(H,28,32). The molecule has 0 aliphatic rings. The van der Waals surface area contributed by atoms with Crippen molar-refractivity contribution in [3.05, 3.63) is 77.5 Å². The van der Waals surface area contributed by atoms with E-state index in [4.69, 9.17) is 4.74 Å². The number of aryl methyl sites for hydroxylation is 2. The third-order valence-corrected chi connectivity index (χ3v) is 7.28. The van der Waals surface area contributed by atoms with E-state index in [0.717, 1.165) is 27.8 Å². The summed E-state index contributed by atoms with van der Waals surface area (Å²) in [7, 11) is 1.33. The van der Waals surface area contributed by atoms with Crippen LogP contribution in [0.5, 0.6) is 0 Å². The van der Waals surface area contributed by atoms with Crippen LogP contribution in [-0.4, -0.2) is 44.5 Å². The highest BCUT2D eigenvalue weighted by Crippen LogP contribution is 2.38. The van der Waals surface area contributed by atoms with Gasteiger partial charge < -0.3 is 10.1 Å². The maximum atomic E-state index is 12.9. The van der Waals surface area contributed by atoms with Crippen LogP contribution in [0, 0.1) is 13.8 Å². The molecule has 1 N–H and O–H groups in total. The number of hydrogen-bond acceptors (Lipinski definition) is 8. The molecule has 0 saturated heterocycles. The summed E-state index contributed by atoms with van der Waals surface area (Å²) in [5.74, 6) is -0.00582. The summed E-state index contributed by atoms with van der Waals surface area (Å²) in [4.78, 5) is 29.6. The fourth-order valence-corrected chi connectivity index (χ4v) is 5.39. The first-order valence-corrected chi connectivity index (χ1v) is 12.9. The Morgan fingerprint density at radius 2 is 1.94 bits per heavy atom. The second-order valence-electron chi connectivity index (χ2n) is 7.94. The molecule has 0 aliphatic carbocycles. The van der Waals surface area contributed by atoms with E-state index < -0.39 is 5.97 Å². The molecule has 0 saturated carbocycles. The summed E-state index contributed by atoms with van der Waals surface area (Å²) in [5.41, 5.74) is 5.00. The van der Waals surface area contributed by atoms with Gasteiger partial charge in [0.1, 0.15) is 10.6 Å². The van der Waals surface area contributed by atoms with Gasteiger partial charge in [0.2, 0.25) is 5.91 Å². The molecule has 0 unspecified atom stereocenters. The summed E-state index contributed by atoms with van der Waals surface area (Å²) in [5, 5.41) is 14.4. The topological polar surface area (TPSA) is 99.0 Å². The smallest absolute Gasteiger partial charge is 0.341 e. The molecule has 0 aliphatic heterocycles. The van der Waals surface area contributed by atoms with Crippen LogP contribution in [0.1, 0.15) is 21.5 Å². The molecule has 0 bridgehead atoms. The monoisotopic (exact) mass is 519 g/mol. The number of rotatable bonds is 9. The molecule has 184 valence electrons. The largest absolute Gasteiger partial charge is 0.465 e. The van der Waals surface area contributed by atoms with Gasteiger partial charge in [0.05, 0.1) is 12.9 Å². The second-order valence-corrected chi connectivity index (χ2v) is 9.76. The van der Waals surface area contributed by atoms with Crippen molar-refractivity contribution in [2.24, 2.45) is 0 Å². The van der Waals surface area contributed by atoms with Gasteiger partial charge in [0.25, 0.3) is 0 Å². The number of hydrogen-bond donors (Lipinski definition) is 1. The van der Waals surface area contributed by atoms with Crippen LogP contribution in [-0.2, 0) is 16.1 Å². The number of benzene rings is 1. The first kappa shape index (κ1) is 25.3. The number of carbonyl (C=O) groups excluding carboxylic acids is 2. The maximum absolute atomic E-state index is 12.9. The van der Waals surface area contributed by atoms with Crippen LogP contribution in [0.3, 0.4) is 0 Å². The molecule has 3 heterocycles. The Hall–Kier alpha value is -3.76. The van der Waals surface area contributed by atoms with Crippen molar-refractivity contribution in [2.45, 2.75) is 25.5 Å². The lowest BCUT2D eigenvalue weighted by atomic mass is 9.97. The molecule has 3 aromatic heterocycles. The van der Waals surface area contributed by atoms with Crippen molar-refractivity contribution < 1.29 is 14.3 Å². The lowest BCUT2D eigenvalue weighted by Gasteiger charge is -2.10. The number of nitrogens with zero attached hydrogens (tertiary/aromatic N) is 4. The molecule has 4 aromatic rings. The van der Waals surface area contributed by atoms with E-state index in [2.05, 4.69) is 27.1 Å². The van der Waals surface area contributed by atoms with E-state index in [0.29, 0.717) is 28.1 Å². The lowest BCUT2D eigenvalue weighted by Crippen LogP contribution is -2.16. The molecule has 0 atom stereocenters. The number of carbonyl (C=O) groups is 2. The summed E-state index contributed by atoms with van der Waals surface area (Å²) in [6.45, 7) is 8.29. The van der Waals surface area contributed by atoms with Crippen molar-refractivity contribution in [1.29, 1.82) is 0 Å². The molecule has 0 spiro atoms. The lowest BCUT2D eigenvalue weighted by molar-refractivity contribution is -0.113. The number of aromatic nitrogens is 4. The van der Waals surface area contributed by atoms with Gasteiger partial charge in [0.15, 0.2) is 11.0 Å². The van der Waals surface area contributed by atoms with Crippen molar-refractivity contribution in [1.82, 2.24) is 19.7 Å². The average Bonchev–Trinajstić information content (AvgIpc) is 3.48. The van der Waals surface area contributed by atoms with E-state index in [9.17, 15) is 9.59 Å². The minimum atomic E-state index is -0.497. The number of pyridine rings is 1. The van der Waals surface area contributed by atoms with E-state index in [-0.39, 0.29) is 11.7 Å². The number of allylic oxidation sites excluding steroid dienone is 1. The molecule has 1 aromatic carbocycles. The minimum Gasteiger partial charge on any atom is -0.465 e. The van der Waals surface area contributed by atoms with E-state index in [1.807, 2.05) is 54.1 Å². The quantitative estimate of drug-likeness (QED) is 0.180. The average molecular weight is 520 g/mol. The molecule has 0 radical (unpaired) electrons. The van der Waals surface area contributed by atoms with Crippen LogP contribution in [0.15, 0.2) is 65.9 Å². The van der Waals surface area contributed by atoms with Crippen molar-refractivity contribution in [2.75, 3.05) is 18.2 Å². The maximum Gasteiger partial charge on any atom is 0.341 e. The van der Waals surface area contributed by atoms with Gasteiger partial charge in [-0.1, -0.05) is 41.6 Å². The summed E-state index contributed by atoms with van der Waals surface area (Å²) < 4.78 is 6.93. The van der Waals surface area contributed by atoms with Crippen molar-refractivity contribution in [3.63, 3.8) is 0 Å². The zero-order valence-electron chi connectivity index (χ0n) is 20.1. The van der Waals surface area contributed by atoms with Gasteiger partial charge in [-0.3, -0.25) is 14.3 Å². The number of esters is 1. The number of anilines is 1. The van der Waals surface area contributed by atoms with E-state index in [1.54, 1.807) is 18.5 Å². The number of thiophene rings is 1. The highest BCUT2D eigenvalue weighted by atomic mass is 32.2. The van der Waals surface area contributed by atoms with Crippen molar-refractivity contribution >= 4 is 40.0 Å².